The van der Waals surface area contributed by atoms with Crippen LogP contribution >= 0.6 is 0 Å². The highest BCUT2D eigenvalue weighted by atomic mass is 16.4. The summed E-state index contributed by atoms with van der Waals surface area (Å²) in [6.45, 7) is 3.44. The van der Waals surface area contributed by atoms with Crippen LogP contribution in [0, 0.1) is 5.92 Å². The number of aromatic nitrogens is 3. The van der Waals surface area contributed by atoms with Gasteiger partial charge in [0.1, 0.15) is 6.04 Å². The van der Waals surface area contributed by atoms with E-state index in [4.69, 9.17) is 5.11 Å². The van der Waals surface area contributed by atoms with Crippen molar-refractivity contribution in [3.8, 4) is 5.69 Å². The van der Waals surface area contributed by atoms with Crippen molar-refractivity contribution in [1.29, 1.82) is 0 Å². The molecule has 0 bridgehead atoms. The van der Waals surface area contributed by atoms with Gasteiger partial charge in [-0.1, -0.05) is 37.3 Å². The molecule has 0 spiro atoms. The predicted octanol–water partition coefficient (Wildman–Crippen LogP) is 1.11. The minimum Gasteiger partial charge on any atom is -0.480 e. The summed E-state index contributed by atoms with van der Waals surface area (Å²) in [5.74, 6) is -1.86. The predicted molar refractivity (Wildman–Crippen MR) is 75.1 cm³/mol. The molecule has 0 fully saturated rings. The first-order chi connectivity index (χ1) is 9.99. The highest BCUT2D eigenvalue weighted by Gasteiger charge is 2.25. The highest BCUT2D eigenvalue weighted by molar-refractivity contribution is 5.94. The van der Waals surface area contributed by atoms with Gasteiger partial charge in [0.25, 0.3) is 5.91 Å². The van der Waals surface area contributed by atoms with Crippen LogP contribution in [0.3, 0.4) is 0 Å². The molecule has 21 heavy (non-hydrogen) atoms. The van der Waals surface area contributed by atoms with Crippen LogP contribution in [0.5, 0.6) is 0 Å². The minimum atomic E-state index is -1.08. The molecular weight excluding hydrogens is 272 g/mol. The number of carbonyl (C=O) groups excluding carboxylic acids is 1. The molecule has 7 nitrogen and oxygen atoms in total. The SMILES string of the molecule is CC(C)[C@@H](NC(=O)c1cn(-c2ccccc2)nn1)C(=O)O. The second kappa shape index (κ2) is 6.17. The summed E-state index contributed by atoms with van der Waals surface area (Å²) in [4.78, 5) is 23.1. The molecule has 1 aromatic heterocycles. The molecule has 1 atom stereocenters. The molecule has 1 aromatic carbocycles. The number of carboxylic acid groups (broad SMARTS) is 1. The summed E-state index contributed by atoms with van der Waals surface area (Å²) in [5.41, 5.74) is 0.841. The van der Waals surface area contributed by atoms with E-state index in [9.17, 15) is 9.59 Å². The van der Waals surface area contributed by atoms with Crippen LogP contribution in [0.2, 0.25) is 0 Å². The number of benzene rings is 1. The van der Waals surface area contributed by atoms with Gasteiger partial charge in [0.05, 0.1) is 11.9 Å². The number of rotatable bonds is 5. The number of aliphatic carboxylic acids is 1. The molecule has 110 valence electrons. The third-order valence-electron chi connectivity index (χ3n) is 2.97. The van der Waals surface area contributed by atoms with Gasteiger partial charge in [-0.2, -0.15) is 0 Å². The average molecular weight is 288 g/mol. The quantitative estimate of drug-likeness (QED) is 0.859. The molecule has 0 saturated heterocycles. The number of amides is 1. The Labute approximate surface area is 121 Å². The van der Waals surface area contributed by atoms with E-state index in [1.54, 1.807) is 13.8 Å². The first-order valence-electron chi connectivity index (χ1n) is 6.50. The molecule has 0 unspecified atom stereocenters. The van der Waals surface area contributed by atoms with Gasteiger partial charge in [0.15, 0.2) is 5.69 Å². The monoisotopic (exact) mass is 288 g/mol. The third kappa shape index (κ3) is 3.44. The second-order valence-corrected chi connectivity index (χ2v) is 4.92. The van der Waals surface area contributed by atoms with Crippen LogP contribution < -0.4 is 5.32 Å². The Hall–Kier alpha value is -2.70. The van der Waals surface area contributed by atoms with E-state index in [-0.39, 0.29) is 11.6 Å². The fourth-order valence-corrected chi connectivity index (χ4v) is 1.80. The zero-order valence-electron chi connectivity index (χ0n) is 11.7. The Morgan fingerprint density at radius 3 is 2.48 bits per heavy atom. The van der Waals surface area contributed by atoms with Crippen LogP contribution in [0.25, 0.3) is 5.69 Å². The van der Waals surface area contributed by atoms with E-state index in [2.05, 4.69) is 15.6 Å². The van der Waals surface area contributed by atoms with Crippen LogP contribution in [0.1, 0.15) is 24.3 Å². The number of para-hydroxylation sites is 1. The third-order valence-corrected chi connectivity index (χ3v) is 2.97. The zero-order chi connectivity index (χ0) is 15.4. The van der Waals surface area contributed by atoms with Crippen molar-refractivity contribution in [2.45, 2.75) is 19.9 Å². The number of nitrogens with zero attached hydrogens (tertiary/aromatic N) is 3. The Balaban J connectivity index is 2.14. The van der Waals surface area contributed by atoms with Crippen molar-refractivity contribution in [2.24, 2.45) is 5.92 Å². The lowest BCUT2D eigenvalue weighted by atomic mass is 10.0. The maximum atomic E-state index is 12.0. The van der Waals surface area contributed by atoms with Gasteiger partial charge in [-0.15, -0.1) is 5.10 Å². The molecule has 2 N–H and O–H groups in total. The molecule has 7 heteroatoms. The number of carbonyl (C=O) groups is 2. The number of hydrogen-bond donors (Lipinski definition) is 2. The summed E-state index contributed by atoms with van der Waals surface area (Å²) in [6, 6.07) is 8.24. The Bertz CT molecular complexity index is 637. The fourth-order valence-electron chi connectivity index (χ4n) is 1.80. The van der Waals surface area contributed by atoms with Crippen LogP contribution in [0.4, 0.5) is 0 Å². The number of nitrogens with one attached hydrogen (secondary N) is 1. The van der Waals surface area contributed by atoms with E-state index >= 15 is 0 Å². The van der Waals surface area contributed by atoms with Crippen molar-refractivity contribution in [1.82, 2.24) is 20.3 Å². The molecule has 1 heterocycles. The van der Waals surface area contributed by atoms with Crippen LogP contribution in [-0.4, -0.2) is 38.0 Å². The van der Waals surface area contributed by atoms with Crippen molar-refractivity contribution in [3.05, 3.63) is 42.2 Å². The first kappa shape index (κ1) is 14.7. The minimum absolute atomic E-state index is 0.0748. The fraction of sp³-hybridized carbons (Fsp3) is 0.286. The van der Waals surface area contributed by atoms with E-state index < -0.39 is 17.9 Å². The lowest BCUT2D eigenvalue weighted by Crippen LogP contribution is -2.44. The highest BCUT2D eigenvalue weighted by Crippen LogP contribution is 2.07. The Morgan fingerprint density at radius 2 is 1.90 bits per heavy atom. The lowest BCUT2D eigenvalue weighted by molar-refractivity contribution is -0.140. The van der Waals surface area contributed by atoms with Crippen molar-refractivity contribution in [3.63, 3.8) is 0 Å². The molecule has 0 aliphatic rings. The molecule has 1 amide bonds. The molecule has 0 aliphatic carbocycles. The first-order valence-corrected chi connectivity index (χ1v) is 6.50. The van der Waals surface area contributed by atoms with Gasteiger partial charge in [-0.3, -0.25) is 4.79 Å². The maximum Gasteiger partial charge on any atom is 0.326 e. The summed E-state index contributed by atoms with van der Waals surface area (Å²) in [6.07, 6.45) is 1.46. The van der Waals surface area contributed by atoms with Gasteiger partial charge < -0.3 is 10.4 Å². The van der Waals surface area contributed by atoms with Crippen molar-refractivity contribution < 1.29 is 14.7 Å². The summed E-state index contributed by atoms with van der Waals surface area (Å²) in [5, 5.41) is 19.1. The molecule has 0 saturated carbocycles. The largest absolute Gasteiger partial charge is 0.480 e. The van der Waals surface area contributed by atoms with Gasteiger partial charge in [-0.05, 0) is 18.1 Å². The maximum absolute atomic E-state index is 12.0. The summed E-state index contributed by atoms with van der Waals surface area (Å²) >= 11 is 0. The average Bonchev–Trinajstić information content (AvgIpc) is 2.94. The van der Waals surface area contributed by atoms with Crippen molar-refractivity contribution in [2.75, 3.05) is 0 Å². The summed E-state index contributed by atoms with van der Waals surface area (Å²) in [7, 11) is 0. The zero-order valence-corrected chi connectivity index (χ0v) is 11.7. The smallest absolute Gasteiger partial charge is 0.326 e. The second-order valence-electron chi connectivity index (χ2n) is 4.92. The molecular formula is C14H16N4O3. The Morgan fingerprint density at radius 1 is 1.24 bits per heavy atom. The van der Waals surface area contributed by atoms with Gasteiger partial charge in [0, 0.05) is 0 Å². The van der Waals surface area contributed by atoms with E-state index in [0.717, 1.165) is 5.69 Å². The molecule has 0 aliphatic heterocycles. The number of carboxylic acids is 1. The Kier molecular flexibility index (Phi) is 4.32. The van der Waals surface area contributed by atoms with E-state index in [1.165, 1.54) is 10.9 Å². The lowest BCUT2D eigenvalue weighted by Gasteiger charge is -2.16. The van der Waals surface area contributed by atoms with Crippen LogP contribution in [-0.2, 0) is 4.79 Å². The van der Waals surface area contributed by atoms with Gasteiger partial charge >= 0.3 is 5.97 Å². The van der Waals surface area contributed by atoms with Crippen LogP contribution in [0.15, 0.2) is 36.5 Å². The van der Waals surface area contributed by atoms with Gasteiger partial charge in [0.2, 0.25) is 0 Å². The molecule has 2 aromatic rings. The molecule has 0 radical (unpaired) electrons. The summed E-state index contributed by atoms with van der Waals surface area (Å²) < 4.78 is 1.46. The topological polar surface area (TPSA) is 97.1 Å². The number of hydrogen-bond acceptors (Lipinski definition) is 4. The normalized spacial score (nSPS) is 12.1. The van der Waals surface area contributed by atoms with E-state index in [0.29, 0.717) is 0 Å². The molecule has 2 rings (SSSR count). The van der Waals surface area contributed by atoms with Crippen molar-refractivity contribution >= 4 is 11.9 Å². The van der Waals surface area contributed by atoms with Gasteiger partial charge in [-0.25, -0.2) is 9.48 Å². The standard InChI is InChI=1S/C14H16N4O3/c1-9(2)12(14(20)21)15-13(19)11-8-18(17-16-11)10-6-4-3-5-7-10/h3-9,12H,1-2H3,(H,15,19)(H,20,21)/t12-/m1/s1. The van der Waals surface area contributed by atoms with E-state index in [1.807, 2.05) is 30.3 Å².